The first-order valence-electron chi connectivity index (χ1n) is 7.27. The van der Waals surface area contributed by atoms with Gasteiger partial charge in [0.2, 0.25) is 5.88 Å². The molecule has 0 amide bonds. The molecule has 0 aromatic carbocycles. The van der Waals surface area contributed by atoms with Crippen LogP contribution in [0.2, 0.25) is 0 Å². The number of ether oxygens (including phenoxy) is 2. The van der Waals surface area contributed by atoms with E-state index in [0.717, 1.165) is 19.6 Å². The lowest BCUT2D eigenvalue weighted by Crippen LogP contribution is -2.18. The number of nitrogens with zero attached hydrogens (tertiary/aromatic N) is 1. The second-order valence-corrected chi connectivity index (χ2v) is 6.20. The molecule has 4 nitrogen and oxygen atoms in total. The fourth-order valence-corrected chi connectivity index (χ4v) is 3.07. The quantitative estimate of drug-likeness (QED) is 0.890. The second-order valence-electron chi connectivity index (χ2n) is 5.22. The van der Waals surface area contributed by atoms with Gasteiger partial charge in [-0.05, 0) is 30.0 Å². The van der Waals surface area contributed by atoms with E-state index in [0.29, 0.717) is 18.5 Å². The Balaban J connectivity index is 1.55. The lowest BCUT2D eigenvalue weighted by molar-refractivity contribution is 0.138. The van der Waals surface area contributed by atoms with Gasteiger partial charge in [-0.25, -0.2) is 4.98 Å². The molecule has 0 spiro atoms. The van der Waals surface area contributed by atoms with Crippen LogP contribution >= 0.6 is 11.3 Å². The Bertz CT molecular complexity index is 553. The standard InChI is InChI=1S/C16H20N2O2S/c1-12(15-3-2-8-21-15)18-10-13-4-6-17-16(9-13)20-14-5-7-19-11-14/h2-4,6,8-9,12,14,18H,5,7,10-11H2,1H3/t12-,14+/m1/s1. The van der Waals surface area contributed by atoms with Crippen LogP contribution in [0.1, 0.15) is 29.8 Å². The largest absolute Gasteiger partial charge is 0.472 e. The van der Waals surface area contributed by atoms with Crippen LogP contribution in [0.3, 0.4) is 0 Å². The maximum absolute atomic E-state index is 5.83. The fourth-order valence-electron chi connectivity index (χ4n) is 2.31. The zero-order valence-corrected chi connectivity index (χ0v) is 12.9. The van der Waals surface area contributed by atoms with Crippen molar-refractivity contribution in [1.82, 2.24) is 10.3 Å². The molecule has 1 aliphatic heterocycles. The molecule has 0 radical (unpaired) electrons. The van der Waals surface area contributed by atoms with E-state index < -0.39 is 0 Å². The van der Waals surface area contributed by atoms with Gasteiger partial charge in [-0.1, -0.05) is 6.07 Å². The van der Waals surface area contributed by atoms with Crippen molar-refractivity contribution < 1.29 is 9.47 Å². The number of hydrogen-bond donors (Lipinski definition) is 1. The maximum Gasteiger partial charge on any atom is 0.213 e. The molecular formula is C16H20N2O2S. The van der Waals surface area contributed by atoms with Crippen LogP contribution < -0.4 is 10.1 Å². The van der Waals surface area contributed by atoms with Crippen LogP contribution in [0.15, 0.2) is 35.8 Å². The summed E-state index contributed by atoms with van der Waals surface area (Å²) in [5.41, 5.74) is 1.18. The zero-order valence-electron chi connectivity index (χ0n) is 12.1. The molecule has 1 N–H and O–H groups in total. The van der Waals surface area contributed by atoms with E-state index in [2.05, 4.69) is 34.7 Å². The highest BCUT2D eigenvalue weighted by Crippen LogP contribution is 2.19. The molecule has 2 aromatic rings. The summed E-state index contributed by atoms with van der Waals surface area (Å²) in [6.07, 6.45) is 2.89. The van der Waals surface area contributed by atoms with E-state index in [1.807, 2.05) is 12.1 Å². The molecule has 1 fully saturated rings. The molecular weight excluding hydrogens is 284 g/mol. The number of hydrogen-bond acceptors (Lipinski definition) is 5. The Kier molecular flexibility index (Phi) is 4.85. The van der Waals surface area contributed by atoms with Gasteiger partial charge in [0.25, 0.3) is 0 Å². The fraction of sp³-hybridized carbons (Fsp3) is 0.438. The van der Waals surface area contributed by atoms with Crippen molar-refractivity contribution >= 4 is 11.3 Å². The lowest BCUT2D eigenvalue weighted by Gasteiger charge is -2.14. The van der Waals surface area contributed by atoms with Crippen molar-refractivity contribution in [2.75, 3.05) is 13.2 Å². The van der Waals surface area contributed by atoms with Crippen LogP contribution in [-0.2, 0) is 11.3 Å². The van der Waals surface area contributed by atoms with Crippen molar-refractivity contribution in [2.45, 2.75) is 32.0 Å². The van der Waals surface area contributed by atoms with Crippen LogP contribution in [0, 0.1) is 0 Å². The highest BCUT2D eigenvalue weighted by Gasteiger charge is 2.17. The number of thiophene rings is 1. The monoisotopic (exact) mass is 304 g/mol. The minimum Gasteiger partial charge on any atom is -0.472 e. The SMILES string of the molecule is C[C@@H](NCc1ccnc(O[C@H]2CCOC2)c1)c1cccs1. The summed E-state index contributed by atoms with van der Waals surface area (Å²) in [6.45, 7) is 4.43. The van der Waals surface area contributed by atoms with Gasteiger partial charge < -0.3 is 14.8 Å². The molecule has 0 bridgehead atoms. The summed E-state index contributed by atoms with van der Waals surface area (Å²) in [4.78, 5) is 5.63. The van der Waals surface area contributed by atoms with Crippen LogP contribution in [0.25, 0.3) is 0 Å². The van der Waals surface area contributed by atoms with Gasteiger partial charge in [-0.3, -0.25) is 0 Å². The van der Waals surface area contributed by atoms with Gasteiger partial charge in [-0.15, -0.1) is 11.3 Å². The Morgan fingerprint density at radius 3 is 3.24 bits per heavy atom. The molecule has 2 atom stereocenters. The molecule has 1 saturated heterocycles. The highest BCUT2D eigenvalue weighted by atomic mass is 32.1. The van der Waals surface area contributed by atoms with Gasteiger partial charge >= 0.3 is 0 Å². The predicted molar refractivity (Wildman–Crippen MR) is 83.7 cm³/mol. The first kappa shape index (κ1) is 14.5. The van der Waals surface area contributed by atoms with Crippen LogP contribution in [0.4, 0.5) is 0 Å². The molecule has 112 valence electrons. The van der Waals surface area contributed by atoms with Gasteiger partial charge in [-0.2, -0.15) is 0 Å². The summed E-state index contributed by atoms with van der Waals surface area (Å²) >= 11 is 1.78. The number of aromatic nitrogens is 1. The van der Waals surface area contributed by atoms with E-state index in [1.54, 1.807) is 17.5 Å². The number of rotatable bonds is 6. The zero-order chi connectivity index (χ0) is 14.5. The Hall–Kier alpha value is -1.43. The summed E-state index contributed by atoms with van der Waals surface area (Å²) in [5, 5.41) is 5.63. The van der Waals surface area contributed by atoms with E-state index in [-0.39, 0.29) is 6.10 Å². The molecule has 21 heavy (non-hydrogen) atoms. The number of pyridine rings is 1. The van der Waals surface area contributed by atoms with Gasteiger partial charge in [0.05, 0.1) is 13.2 Å². The smallest absolute Gasteiger partial charge is 0.213 e. The minimum atomic E-state index is 0.144. The predicted octanol–water partition coefficient (Wildman–Crippen LogP) is 3.16. The molecule has 3 rings (SSSR count). The maximum atomic E-state index is 5.83. The first-order chi connectivity index (χ1) is 10.3. The topological polar surface area (TPSA) is 43.4 Å². The second kappa shape index (κ2) is 7.02. The average Bonchev–Trinajstić information content (AvgIpc) is 3.18. The van der Waals surface area contributed by atoms with Gasteiger partial charge in [0, 0.05) is 36.1 Å². The van der Waals surface area contributed by atoms with Crippen LogP contribution in [-0.4, -0.2) is 24.3 Å². The van der Waals surface area contributed by atoms with E-state index >= 15 is 0 Å². The summed E-state index contributed by atoms with van der Waals surface area (Å²) in [7, 11) is 0. The first-order valence-corrected chi connectivity index (χ1v) is 8.15. The minimum absolute atomic E-state index is 0.144. The molecule has 5 heteroatoms. The molecule has 1 aliphatic rings. The summed E-state index contributed by atoms with van der Waals surface area (Å²) in [6, 6.07) is 8.62. The third-order valence-corrected chi connectivity index (χ3v) is 4.61. The lowest BCUT2D eigenvalue weighted by atomic mass is 10.2. The van der Waals surface area contributed by atoms with E-state index in [4.69, 9.17) is 9.47 Å². The summed E-state index contributed by atoms with van der Waals surface area (Å²) < 4.78 is 11.1. The number of nitrogens with one attached hydrogen (secondary N) is 1. The molecule has 0 unspecified atom stereocenters. The van der Waals surface area contributed by atoms with Gasteiger partial charge in [0.15, 0.2) is 0 Å². The van der Waals surface area contributed by atoms with Crippen molar-refractivity contribution in [3.63, 3.8) is 0 Å². The molecule has 0 saturated carbocycles. The van der Waals surface area contributed by atoms with E-state index in [9.17, 15) is 0 Å². The average molecular weight is 304 g/mol. The van der Waals surface area contributed by atoms with Crippen molar-refractivity contribution in [1.29, 1.82) is 0 Å². The van der Waals surface area contributed by atoms with Crippen molar-refractivity contribution in [2.24, 2.45) is 0 Å². The Morgan fingerprint density at radius 2 is 2.48 bits per heavy atom. The van der Waals surface area contributed by atoms with Crippen LogP contribution in [0.5, 0.6) is 5.88 Å². The van der Waals surface area contributed by atoms with E-state index in [1.165, 1.54) is 10.4 Å². The molecule has 0 aliphatic carbocycles. The normalized spacial score (nSPS) is 19.6. The Labute approximate surface area is 129 Å². The molecule has 3 heterocycles. The Morgan fingerprint density at radius 1 is 1.52 bits per heavy atom. The third kappa shape index (κ3) is 4.03. The highest BCUT2D eigenvalue weighted by molar-refractivity contribution is 7.10. The molecule has 2 aromatic heterocycles. The third-order valence-electron chi connectivity index (χ3n) is 3.56. The van der Waals surface area contributed by atoms with Gasteiger partial charge in [0.1, 0.15) is 6.10 Å². The van der Waals surface area contributed by atoms with Crippen molar-refractivity contribution in [3.05, 3.63) is 46.3 Å². The van der Waals surface area contributed by atoms with Crippen molar-refractivity contribution in [3.8, 4) is 5.88 Å². The summed E-state index contributed by atoms with van der Waals surface area (Å²) in [5.74, 6) is 0.688.